The minimum atomic E-state index is -0.421. The van der Waals surface area contributed by atoms with Crippen LogP contribution in [0.15, 0.2) is 45.2 Å². The molecule has 0 spiro atoms. The summed E-state index contributed by atoms with van der Waals surface area (Å²) in [4.78, 5) is 30.2. The summed E-state index contributed by atoms with van der Waals surface area (Å²) < 4.78 is 23.7. The number of aromatic nitrogens is 2. The molecule has 0 unspecified atom stereocenters. The Morgan fingerprint density at radius 2 is 2.10 bits per heavy atom. The number of hydrogen-bond acceptors (Lipinski definition) is 8. The lowest BCUT2D eigenvalue weighted by Crippen LogP contribution is -2.23. The number of ether oxygens (including phenoxy) is 3. The molecule has 8 nitrogen and oxygen atoms in total. The Morgan fingerprint density at radius 1 is 1.26 bits per heavy atom. The molecule has 31 heavy (non-hydrogen) atoms. The second-order valence-corrected chi connectivity index (χ2v) is 8.10. The summed E-state index contributed by atoms with van der Waals surface area (Å²) in [5, 5.41) is 0.845. The van der Waals surface area contributed by atoms with Crippen LogP contribution < -0.4 is 15.0 Å². The van der Waals surface area contributed by atoms with E-state index in [0.29, 0.717) is 46.7 Å². The molecule has 0 bridgehead atoms. The molecule has 2 aromatic heterocycles. The van der Waals surface area contributed by atoms with Gasteiger partial charge in [-0.1, -0.05) is 24.4 Å². The maximum Gasteiger partial charge on any atom is 0.316 e. The molecule has 0 radical (unpaired) electrons. The minimum Gasteiger partial charge on any atom is -0.486 e. The number of furan rings is 1. The molecule has 0 saturated carbocycles. The van der Waals surface area contributed by atoms with E-state index in [0.717, 1.165) is 42.3 Å². The topological polar surface area (TPSA) is 92.8 Å². The minimum absolute atomic E-state index is 0.00321. The van der Waals surface area contributed by atoms with Crippen LogP contribution in [0.2, 0.25) is 0 Å². The number of benzene rings is 1. The van der Waals surface area contributed by atoms with Gasteiger partial charge in [0.1, 0.15) is 31.0 Å². The van der Waals surface area contributed by atoms with E-state index >= 15 is 0 Å². The number of carbonyl (C=O) groups is 1. The summed E-state index contributed by atoms with van der Waals surface area (Å²) in [6.45, 7) is 4.58. The van der Waals surface area contributed by atoms with E-state index in [-0.39, 0.29) is 17.9 Å². The SMILES string of the molecule is C=CCOC(=O)CSc1nc2oc3c(c2c(=O)n1-c1ccc2c(c1)OCCO2)CCC3. The van der Waals surface area contributed by atoms with E-state index in [1.807, 2.05) is 0 Å². The van der Waals surface area contributed by atoms with Gasteiger partial charge in [0.05, 0.1) is 11.4 Å². The summed E-state index contributed by atoms with van der Waals surface area (Å²) >= 11 is 1.12. The van der Waals surface area contributed by atoms with Crippen LogP contribution in [-0.4, -0.2) is 41.1 Å². The van der Waals surface area contributed by atoms with Crippen molar-refractivity contribution >= 4 is 28.8 Å². The van der Waals surface area contributed by atoms with E-state index in [2.05, 4.69) is 11.6 Å². The third-order valence-corrected chi connectivity index (χ3v) is 6.09. The smallest absolute Gasteiger partial charge is 0.316 e. The molecule has 0 N–H and O–H groups in total. The highest BCUT2D eigenvalue weighted by Gasteiger charge is 2.26. The van der Waals surface area contributed by atoms with Crippen LogP contribution in [-0.2, 0) is 22.4 Å². The fourth-order valence-corrected chi connectivity index (χ4v) is 4.63. The fourth-order valence-electron chi connectivity index (χ4n) is 3.84. The first kappa shape index (κ1) is 19.7. The van der Waals surface area contributed by atoms with Crippen molar-refractivity contribution in [1.29, 1.82) is 0 Å². The van der Waals surface area contributed by atoms with Gasteiger partial charge in [0.2, 0.25) is 5.71 Å². The van der Waals surface area contributed by atoms with E-state index in [4.69, 9.17) is 18.6 Å². The largest absolute Gasteiger partial charge is 0.486 e. The summed E-state index contributed by atoms with van der Waals surface area (Å²) in [5.41, 5.74) is 1.60. The monoisotopic (exact) mass is 440 g/mol. The molecule has 3 aromatic rings. The molecule has 3 heterocycles. The van der Waals surface area contributed by atoms with Crippen molar-refractivity contribution in [2.24, 2.45) is 0 Å². The Kier molecular flexibility index (Phi) is 5.19. The first-order valence-corrected chi connectivity index (χ1v) is 11.0. The normalized spacial score (nSPS) is 14.5. The van der Waals surface area contributed by atoms with Crippen LogP contribution in [0.5, 0.6) is 11.5 Å². The van der Waals surface area contributed by atoms with Crippen LogP contribution in [0.3, 0.4) is 0 Å². The predicted molar refractivity (Wildman–Crippen MR) is 115 cm³/mol. The number of hydrogen-bond donors (Lipinski definition) is 0. The summed E-state index contributed by atoms with van der Waals surface area (Å²) in [5.74, 6) is 1.59. The van der Waals surface area contributed by atoms with Gasteiger partial charge in [0.25, 0.3) is 5.56 Å². The summed E-state index contributed by atoms with van der Waals surface area (Å²) in [6, 6.07) is 5.31. The molecule has 160 valence electrons. The molecule has 9 heteroatoms. The van der Waals surface area contributed by atoms with Gasteiger partial charge in [-0.05, 0) is 25.0 Å². The van der Waals surface area contributed by atoms with Crippen LogP contribution in [0, 0.1) is 0 Å². The van der Waals surface area contributed by atoms with E-state index in [1.165, 1.54) is 10.6 Å². The Labute approximate surface area is 181 Å². The second-order valence-electron chi connectivity index (χ2n) is 7.16. The first-order valence-electron chi connectivity index (χ1n) is 10.0. The molecule has 0 amide bonds. The molecule has 1 aliphatic heterocycles. The lowest BCUT2D eigenvalue weighted by atomic mass is 10.2. The second kappa shape index (κ2) is 8.14. The van der Waals surface area contributed by atoms with Crippen LogP contribution >= 0.6 is 11.8 Å². The molecule has 0 atom stereocenters. The third-order valence-electron chi connectivity index (χ3n) is 5.17. The van der Waals surface area contributed by atoms with Crippen molar-refractivity contribution < 1.29 is 23.4 Å². The van der Waals surface area contributed by atoms with Crippen molar-refractivity contribution in [3.63, 3.8) is 0 Å². The summed E-state index contributed by atoms with van der Waals surface area (Å²) in [7, 11) is 0. The van der Waals surface area contributed by atoms with Gasteiger partial charge in [-0.2, -0.15) is 4.98 Å². The Hall–Kier alpha value is -3.20. The average molecular weight is 440 g/mol. The Bertz CT molecular complexity index is 1250. The van der Waals surface area contributed by atoms with E-state index < -0.39 is 5.97 Å². The number of thioether (sulfide) groups is 1. The molecular formula is C22H20N2O6S. The van der Waals surface area contributed by atoms with Crippen molar-refractivity contribution in [3.05, 3.63) is 52.5 Å². The zero-order valence-corrected chi connectivity index (χ0v) is 17.5. The van der Waals surface area contributed by atoms with Crippen molar-refractivity contribution in [2.45, 2.75) is 24.4 Å². The highest BCUT2D eigenvalue weighted by atomic mass is 32.2. The zero-order valence-electron chi connectivity index (χ0n) is 16.7. The van der Waals surface area contributed by atoms with Gasteiger partial charge < -0.3 is 18.6 Å². The first-order chi connectivity index (χ1) is 15.2. The molecule has 1 aliphatic carbocycles. The highest BCUT2D eigenvalue weighted by Crippen LogP contribution is 2.35. The zero-order chi connectivity index (χ0) is 21.4. The Morgan fingerprint density at radius 3 is 2.94 bits per heavy atom. The van der Waals surface area contributed by atoms with Crippen LogP contribution in [0.4, 0.5) is 0 Å². The lowest BCUT2D eigenvalue weighted by molar-refractivity contribution is -0.139. The average Bonchev–Trinajstić information content (AvgIpc) is 3.37. The molecule has 2 aliphatic rings. The Balaban J connectivity index is 1.62. The van der Waals surface area contributed by atoms with Gasteiger partial charge in [-0.25, -0.2) is 0 Å². The van der Waals surface area contributed by atoms with Crippen LogP contribution in [0.25, 0.3) is 16.8 Å². The fraction of sp³-hybridized carbons (Fsp3) is 0.318. The molecule has 1 aromatic carbocycles. The van der Waals surface area contributed by atoms with Gasteiger partial charge >= 0.3 is 5.97 Å². The van der Waals surface area contributed by atoms with Crippen molar-refractivity contribution in [1.82, 2.24) is 9.55 Å². The quantitative estimate of drug-likeness (QED) is 0.250. The number of esters is 1. The maximum atomic E-state index is 13.6. The lowest BCUT2D eigenvalue weighted by Gasteiger charge is -2.20. The van der Waals surface area contributed by atoms with Gasteiger partial charge in [-0.15, -0.1) is 0 Å². The number of aryl methyl sites for hydroxylation is 2. The van der Waals surface area contributed by atoms with Gasteiger partial charge in [-0.3, -0.25) is 14.2 Å². The highest BCUT2D eigenvalue weighted by molar-refractivity contribution is 7.99. The molecule has 0 fully saturated rings. The van der Waals surface area contributed by atoms with Crippen molar-refractivity contribution in [2.75, 3.05) is 25.6 Å². The maximum absolute atomic E-state index is 13.6. The molecular weight excluding hydrogens is 420 g/mol. The summed E-state index contributed by atoms with van der Waals surface area (Å²) in [6.07, 6.45) is 4.05. The van der Waals surface area contributed by atoms with E-state index in [1.54, 1.807) is 18.2 Å². The van der Waals surface area contributed by atoms with Crippen molar-refractivity contribution in [3.8, 4) is 17.2 Å². The molecule has 0 saturated heterocycles. The third kappa shape index (κ3) is 3.59. The van der Waals surface area contributed by atoms with E-state index in [9.17, 15) is 9.59 Å². The van der Waals surface area contributed by atoms with Crippen LogP contribution in [0.1, 0.15) is 17.7 Å². The van der Waals surface area contributed by atoms with Gasteiger partial charge in [0.15, 0.2) is 16.7 Å². The van der Waals surface area contributed by atoms with Gasteiger partial charge in [0, 0.05) is 18.1 Å². The predicted octanol–water partition coefficient (Wildman–Crippen LogP) is 3.06. The number of carbonyl (C=O) groups excluding carboxylic acids is 1. The number of fused-ring (bicyclic) bond motifs is 4. The number of nitrogens with zero attached hydrogens (tertiary/aromatic N) is 2. The number of rotatable bonds is 6. The molecule has 5 rings (SSSR count). The standard InChI is InChI=1S/C22H20N2O6S/c1-2-8-29-18(25)12-31-22-23-20-19(14-4-3-5-15(14)30-20)21(26)24(22)13-6-7-16-17(11-13)28-10-9-27-16/h2,6-7,11H,1,3-5,8-10,12H2.